The summed E-state index contributed by atoms with van der Waals surface area (Å²) < 4.78 is 44.7. The number of halogens is 5. The van der Waals surface area contributed by atoms with E-state index in [1.807, 2.05) is 0 Å². The fraction of sp³-hybridized carbons (Fsp3) is 0.111. The van der Waals surface area contributed by atoms with E-state index in [-0.39, 0.29) is 26.7 Å². The van der Waals surface area contributed by atoms with E-state index in [4.69, 9.17) is 23.2 Å². The molecule has 8 heteroatoms. The Morgan fingerprint density at radius 1 is 0.923 bits per heavy atom. The van der Waals surface area contributed by atoms with E-state index >= 15 is 0 Å². The van der Waals surface area contributed by atoms with Gasteiger partial charge in [0.2, 0.25) is 0 Å². The second-order valence-corrected chi connectivity index (χ2v) is 6.02. The zero-order valence-corrected chi connectivity index (χ0v) is 14.7. The summed E-state index contributed by atoms with van der Waals surface area (Å²) in [5.74, 6) is -1.51. The van der Waals surface area contributed by atoms with Crippen molar-refractivity contribution in [3.8, 4) is 0 Å². The molecule has 0 aromatic heterocycles. The molecule has 0 saturated heterocycles. The highest BCUT2D eigenvalue weighted by atomic mass is 35.5. The van der Waals surface area contributed by atoms with Crippen LogP contribution in [-0.4, -0.2) is 25.0 Å². The van der Waals surface area contributed by atoms with Crippen molar-refractivity contribution in [2.45, 2.75) is 6.18 Å². The third-order valence-electron chi connectivity index (χ3n) is 3.34. The van der Waals surface area contributed by atoms with Crippen molar-refractivity contribution in [2.24, 2.45) is 0 Å². The van der Waals surface area contributed by atoms with Gasteiger partial charge in [-0.2, -0.15) is 13.2 Å². The van der Waals surface area contributed by atoms with Crippen LogP contribution in [0.2, 0.25) is 10.0 Å². The summed E-state index contributed by atoms with van der Waals surface area (Å²) in [7, 11) is 1.19. The standard InChI is InChI=1S/C18H11Cl2F3O3/c1-26-17(25)11-4-2-10(3-5-11)16(24)9-15(18(21,22)23)12-6-13(19)8-14(20)7-12/h2-9H,1H3/b15-9-. The number of allylic oxidation sites excluding steroid dienone is 2. The molecule has 0 radical (unpaired) electrons. The van der Waals surface area contributed by atoms with Crippen LogP contribution in [0.4, 0.5) is 13.2 Å². The molecule has 26 heavy (non-hydrogen) atoms. The highest BCUT2D eigenvalue weighted by molar-refractivity contribution is 6.35. The van der Waals surface area contributed by atoms with Crippen LogP contribution in [0.1, 0.15) is 26.3 Å². The molecule has 0 aliphatic carbocycles. The second-order valence-electron chi connectivity index (χ2n) is 5.15. The summed E-state index contributed by atoms with van der Waals surface area (Å²) >= 11 is 11.5. The van der Waals surface area contributed by atoms with E-state index in [0.29, 0.717) is 6.08 Å². The number of ketones is 1. The molecular formula is C18H11Cl2F3O3. The highest BCUT2D eigenvalue weighted by Crippen LogP contribution is 2.36. The number of ether oxygens (including phenoxy) is 1. The Balaban J connectivity index is 2.43. The number of carbonyl (C=O) groups excluding carboxylic acids is 2. The molecule has 0 heterocycles. The second kappa shape index (κ2) is 7.93. The van der Waals surface area contributed by atoms with Gasteiger partial charge in [-0.1, -0.05) is 35.3 Å². The molecule has 0 unspecified atom stereocenters. The minimum atomic E-state index is -4.80. The predicted octanol–water partition coefficient (Wildman–Crippen LogP) is 5.61. The quantitative estimate of drug-likeness (QED) is 0.379. The lowest BCUT2D eigenvalue weighted by Crippen LogP contribution is -2.13. The molecule has 3 nitrogen and oxygen atoms in total. The fourth-order valence-corrected chi connectivity index (χ4v) is 2.67. The lowest BCUT2D eigenvalue weighted by atomic mass is 10.0. The van der Waals surface area contributed by atoms with Gasteiger partial charge in [-0.15, -0.1) is 0 Å². The first-order chi connectivity index (χ1) is 12.1. The molecule has 0 amide bonds. The first-order valence-corrected chi connectivity index (χ1v) is 7.85. The maximum absolute atomic E-state index is 13.4. The van der Waals surface area contributed by atoms with Gasteiger partial charge in [0, 0.05) is 15.6 Å². The smallest absolute Gasteiger partial charge is 0.417 e. The normalized spacial score (nSPS) is 12.0. The number of rotatable bonds is 4. The van der Waals surface area contributed by atoms with Gasteiger partial charge in [0.1, 0.15) is 0 Å². The van der Waals surface area contributed by atoms with E-state index in [0.717, 1.165) is 12.1 Å². The number of benzene rings is 2. The van der Waals surface area contributed by atoms with Crippen LogP contribution >= 0.6 is 23.2 Å². The van der Waals surface area contributed by atoms with Crippen molar-refractivity contribution in [1.82, 2.24) is 0 Å². The van der Waals surface area contributed by atoms with E-state index < -0.39 is 23.5 Å². The minimum Gasteiger partial charge on any atom is -0.465 e. The number of esters is 1. The Hall–Kier alpha value is -2.31. The predicted molar refractivity (Wildman–Crippen MR) is 92.6 cm³/mol. The van der Waals surface area contributed by atoms with Crippen molar-refractivity contribution in [3.63, 3.8) is 0 Å². The number of hydrogen-bond acceptors (Lipinski definition) is 3. The molecular weight excluding hydrogens is 392 g/mol. The topological polar surface area (TPSA) is 43.4 Å². The monoisotopic (exact) mass is 402 g/mol. The third-order valence-corrected chi connectivity index (χ3v) is 3.78. The van der Waals surface area contributed by atoms with Gasteiger partial charge in [0.05, 0.1) is 18.2 Å². The van der Waals surface area contributed by atoms with Gasteiger partial charge in [-0.05, 0) is 42.0 Å². The molecule has 0 bridgehead atoms. The molecule has 0 spiro atoms. The first kappa shape index (κ1) is 20.0. The molecule has 2 aromatic carbocycles. The van der Waals surface area contributed by atoms with Gasteiger partial charge >= 0.3 is 12.1 Å². The Labute approximate surface area is 157 Å². The average Bonchev–Trinajstić information content (AvgIpc) is 2.57. The lowest BCUT2D eigenvalue weighted by Gasteiger charge is -2.13. The van der Waals surface area contributed by atoms with Crippen LogP contribution in [0.5, 0.6) is 0 Å². The molecule has 2 rings (SSSR count). The van der Waals surface area contributed by atoms with Crippen molar-refractivity contribution >= 4 is 40.5 Å². The van der Waals surface area contributed by atoms with Crippen LogP contribution in [0.3, 0.4) is 0 Å². The van der Waals surface area contributed by atoms with Crippen molar-refractivity contribution in [2.75, 3.05) is 7.11 Å². The largest absolute Gasteiger partial charge is 0.465 e. The van der Waals surface area contributed by atoms with Gasteiger partial charge in [-0.25, -0.2) is 4.79 Å². The van der Waals surface area contributed by atoms with E-state index in [2.05, 4.69) is 4.74 Å². The Bertz CT molecular complexity index is 852. The summed E-state index contributed by atoms with van der Waals surface area (Å²) in [4.78, 5) is 23.6. The van der Waals surface area contributed by atoms with Gasteiger partial charge in [0.25, 0.3) is 0 Å². The minimum absolute atomic E-state index is 0.0116. The molecule has 0 atom stereocenters. The van der Waals surface area contributed by atoms with Gasteiger partial charge < -0.3 is 4.74 Å². The molecule has 0 fully saturated rings. The van der Waals surface area contributed by atoms with Crippen molar-refractivity contribution < 1.29 is 27.5 Å². The number of hydrogen-bond donors (Lipinski definition) is 0. The first-order valence-electron chi connectivity index (χ1n) is 7.10. The van der Waals surface area contributed by atoms with Crippen LogP contribution in [0.25, 0.3) is 5.57 Å². The van der Waals surface area contributed by atoms with Gasteiger partial charge in [-0.3, -0.25) is 4.79 Å². The third kappa shape index (κ3) is 4.86. The maximum Gasteiger partial charge on any atom is 0.417 e. The molecule has 0 aliphatic heterocycles. The van der Waals surface area contributed by atoms with Crippen molar-refractivity contribution in [3.05, 3.63) is 75.3 Å². The van der Waals surface area contributed by atoms with Gasteiger partial charge in [0.15, 0.2) is 5.78 Å². The van der Waals surface area contributed by atoms with E-state index in [9.17, 15) is 22.8 Å². The molecule has 2 aromatic rings. The highest BCUT2D eigenvalue weighted by Gasteiger charge is 2.35. The Morgan fingerprint density at radius 3 is 1.88 bits per heavy atom. The van der Waals surface area contributed by atoms with Crippen LogP contribution in [0.15, 0.2) is 48.5 Å². The lowest BCUT2D eigenvalue weighted by molar-refractivity contribution is -0.0689. The Kier molecular flexibility index (Phi) is 6.10. The molecule has 0 N–H and O–H groups in total. The number of alkyl halides is 3. The summed E-state index contributed by atoms with van der Waals surface area (Å²) in [6, 6.07) is 8.48. The van der Waals surface area contributed by atoms with E-state index in [1.54, 1.807) is 0 Å². The molecule has 0 saturated carbocycles. The maximum atomic E-state index is 13.4. The fourth-order valence-electron chi connectivity index (χ4n) is 2.14. The van der Waals surface area contributed by atoms with E-state index in [1.165, 1.54) is 37.4 Å². The number of carbonyl (C=O) groups is 2. The van der Waals surface area contributed by atoms with Crippen LogP contribution in [-0.2, 0) is 4.74 Å². The Morgan fingerprint density at radius 2 is 1.42 bits per heavy atom. The summed E-state index contributed by atoms with van der Waals surface area (Å²) in [6.45, 7) is 0. The summed E-state index contributed by atoms with van der Waals surface area (Å²) in [6.07, 6.45) is -4.33. The summed E-state index contributed by atoms with van der Waals surface area (Å²) in [5, 5.41) is 0.0232. The van der Waals surface area contributed by atoms with Crippen LogP contribution < -0.4 is 0 Å². The SMILES string of the molecule is COC(=O)c1ccc(C(=O)/C=C(/c2cc(Cl)cc(Cl)c2)C(F)(F)F)cc1. The molecule has 136 valence electrons. The zero-order chi connectivity index (χ0) is 19.5. The van der Waals surface area contributed by atoms with Crippen molar-refractivity contribution in [1.29, 1.82) is 0 Å². The zero-order valence-electron chi connectivity index (χ0n) is 13.2. The molecule has 0 aliphatic rings. The number of methoxy groups -OCH3 is 1. The van der Waals surface area contributed by atoms with Crippen LogP contribution in [0, 0.1) is 0 Å². The summed E-state index contributed by atoms with van der Waals surface area (Å²) in [5.41, 5.74) is -1.35. The average molecular weight is 403 g/mol.